The number of benzene rings is 2. The topological polar surface area (TPSA) is 47.4 Å². The fourth-order valence-corrected chi connectivity index (χ4v) is 4.76. The van der Waals surface area contributed by atoms with Gasteiger partial charge in [-0.05, 0) is 70.1 Å². The number of halogens is 2. The maximum absolute atomic E-state index is 13.1. The third-order valence-electron chi connectivity index (χ3n) is 5.87. The number of hydrogen-bond donors (Lipinski definition) is 0. The van der Waals surface area contributed by atoms with Crippen molar-refractivity contribution in [2.75, 3.05) is 26.7 Å². The van der Waals surface area contributed by atoms with Crippen molar-refractivity contribution >= 4 is 29.2 Å². The van der Waals surface area contributed by atoms with Crippen molar-refractivity contribution < 1.29 is 9.53 Å². The fourth-order valence-electron chi connectivity index (χ4n) is 4.40. The first-order valence-electron chi connectivity index (χ1n) is 10.9. The van der Waals surface area contributed by atoms with Crippen LogP contribution in [0.3, 0.4) is 0 Å². The van der Waals surface area contributed by atoms with E-state index in [1.54, 1.807) is 6.92 Å². The number of hydrogen-bond acceptors (Lipinski definition) is 4. The maximum Gasteiger partial charge on any atom is 0.359 e. The predicted molar refractivity (Wildman–Crippen MR) is 129 cm³/mol. The standard InChI is InChI=1S/C25H27Cl2N3O2/c1-4-32-25(31)22-23(17-7-5-9-19(26)13-17)30(21-14-20(27)11-10-16(21)2)24(28-22)18-8-6-12-29(3)15-18/h5,7,9-11,13-14,18H,4,6,8,12,15H2,1-3H3. The average Bonchev–Trinajstić information content (AvgIpc) is 3.16. The van der Waals surface area contributed by atoms with Crippen molar-refractivity contribution in [3.63, 3.8) is 0 Å². The smallest absolute Gasteiger partial charge is 0.359 e. The summed E-state index contributed by atoms with van der Waals surface area (Å²) in [5.41, 5.74) is 3.73. The van der Waals surface area contributed by atoms with Crippen molar-refractivity contribution in [2.45, 2.75) is 32.6 Å². The van der Waals surface area contributed by atoms with Crippen LogP contribution >= 0.6 is 23.2 Å². The molecule has 168 valence electrons. The zero-order chi connectivity index (χ0) is 22.8. The Hall–Kier alpha value is -2.34. The number of carbonyl (C=O) groups is 1. The molecule has 0 aliphatic carbocycles. The molecular weight excluding hydrogens is 445 g/mol. The van der Waals surface area contributed by atoms with E-state index < -0.39 is 5.97 Å². The predicted octanol–water partition coefficient (Wildman–Crippen LogP) is 6.14. The first-order chi connectivity index (χ1) is 15.4. The number of rotatable bonds is 5. The van der Waals surface area contributed by atoms with E-state index in [9.17, 15) is 4.79 Å². The van der Waals surface area contributed by atoms with Crippen molar-refractivity contribution in [3.05, 3.63) is 69.6 Å². The van der Waals surface area contributed by atoms with Crippen LogP contribution in [0.25, 0.3) is 16.9 Å². The molecule has 0 spiro atoms. The van der Waals surface area contributed by atoms with Gasteiger partial charge in [0.2, 0.25) is 0 Å². The number of imidazole rings is 1. The molecule has 1 saturated heterocycles. The third kappa shape index (κ3) is 4.56. The summed E-state index contributed by atoms with van der Waals surface area (Å²) in [7, 11) is 2.12. The summed E-state index contributed by atoms with van der Waals surface area (Å²) < 4.78 is 7.49. The Kier molecular flexibility index (Phi) is 6.89. The number of likely N-dealkylation sites (N-methyl/N-ethyl adjacent to an activating group) is 1. The number of likely N-dealkylation sites (tertiary alicyclic amines) is 1. The number of ether oxygens (including phenoxy) is 1. The molecule has 1 unspecified atom stereocenters. The summed E-state index contributed by atoms with van der Waals surface area (Å²) in [5.74, 6) is 0.583. The molecule has 4 rings (SSSR count). The number of aryl methyl sites for hydroxylation is 1. The molecule has 1 aromatic heterocycles. The molecule has 1 atom stereocenters. The molecule has 1 aliphatic rings. The summed E-state index contributed by atoms with van der Waals surface area (Å²) in [6.07, 6.45) is 2.07. The summed E-state index contributed by atoms with van der Waals surface area (Å²) >= 11 is 12.8. The summed E-state index contributed by atoms with van der Waals surface area (Å²) in [4.78, 5) is 20.3. The van der Waals surface area contributed by atoms with E-state index in [4.69, 9.17) is 32.9 Å². The van der Waals surface area contributed by atoms with Gasteiger partial charge in [-0.3, -0.25) is 4.57 Å². The molecular formula is C25H27Cl2N3O2. The van der Waals surface area contributed by atoms with Gasteiger partial charge in [0.25, 0.3) is 0 Å². The monoisotopic (exact) mass is 471 g/mol. The fraction of sp³-hybridized carbons (Fsp3) is 0.360. The largest absolute Gasteiger partial charge is 0.461 e. The Labute approximate surface area is 198 Å². The van der Waals surface area contributed by atoms with E-state index in [2.05, 4.69) is 16.5 Å². The van der Waals surface area contributed by atoms with Gasteiger partial charge in [-0.25, -0.2) is 9.78 Å². The molecule has 0 saturated carbocycles. The van der Waals surface area contributed by atoms with Crippen LogP contribution in [-0.4, -0.2) is 47.2 Å². The van der Waals surface area contributed by atoms with Gasteiger partial charge in [-0.2, -0.15) is 0 Å². The molecule has 7 heteroatoms. The molecule has 1 fully saturated rings. The minimum Gasteiger partial charge on any atom is -0.461 e. The van der Waals surface area contributed by atoms with Crippen LogP contribution in [0.1, 0.15) is 47.6 Å². The average molecular weight is 472 g/mol. The van der Waals surface area contributed by atoms with Gasteiger partial charge in [0.05, 0.1) is 18.0 Å². The van der Waals surface area contributed by atoms with E-state index in [-0.39, 0.29) is 12.5 Å². The van der Waals surface area contributed by atoms with Gasteiger partial charge in [-0.1, -0.05) is 41.4 Å². The van der Waals surface area contributed by atoms with Gasteiger partial charge in [0.15, 0.2) is 5.69 Å². The van der Waals surface area contributed by atoms with E-state index in [0.29, 0.717) is 21.4 Å². The van der Waals surface area contributed by atoms with Crippen LogP contribution in [0, 0.1) is 6.92 Å². The Morgan fingerprint density at radius 1 is 1.19 bits per heavy atom. The highest BCUT2D eigenvalue weighted by molar-refractivity contribution is 6.31. The molecule has 32 heavy (non-hydrogen) atoms. The summed E-state index contributed by atoms with van der Waals surface area (Å²) in [6.45, 7) is 6.03. The third-order valence-corrected chi connectivity index (χ3v) is 6.34. The minimum atomic E-state index is -0.439. The lowest BCUT2D eigenvalue weighted by molar-refractivity contribution is 0.0520. The van der Waals surface area contributed by atoms with Crippen LogP contribution in [0.4, 0.5) is 0 Å². The summed E-state index contributed by atoms with van der Waals surface area (Å²) in [6, 6.07) is 13.3. The molecule has 0 amide bonds. The highest BCUT2D eigenvalue weighted by Gasteiger charge is 2.31. The highest BCUT2D eigenvalue weighted by Crippen LogP contribution is 2.37. The van der Waals surface area contributed by atoms with Gasteiger partial charge in [-0.15, -0.1) is 0 Å². The quantitative estimate of drug-likeness (QED) is 0.419. The number of nitrogens with zero attached hydrogens (tertiary/aromatic N) is 3. The zero-order valence-electron chi connectivity index (χ0n) is 18.6. The Morgan fingerprint density at radius 3 is 2.69 bits per heavy atom. The van der Waals surface area contributed by atoms with Crippen LogP contribution in [0.15, 0.2) is 42.5 Å². The highest BCUT2D eigenvalue weighted by atomic mass is 35.5. The second kappa shape index (κ2) is 9.65. The SMILES string of the molecule is CCOC(=O)c1nc(C2CCCN(C)C2)n(-c2cc(Cl)ccc2C)c1-c1cccc(Cl)c1. The van der Waals surface area contributed by atoms with E-state index in [1.807, 2.05) is 49.4 Å². The van der Waals surface area contributed by atoms with Gasteiger partial charge >= 0.3 is 5.97 Å². The molecule has 5 nitrogen and oxygen atoms in total. The van der Waals surface area contributed by atoms with Crippen molar-refractivity contribution in [1.82, 2.24) is 14.5 Å². The number of aromatic nitrogens is 2. The van der Waals surface area contributed by atoms with Gasteiger partial charge < -0.3 is 9.64 Å². The van der Waals surface area contributed by atoms with Crippen LogP contribution < -0.4 is 0 Å². The van der Waals surface area contributed by atoms with Gasteiger partial charge in [0, 0.05) is 28.1 Å². The Morgan fingerprint density at radius 2 is 1.97 bits per heavy atom. The Balaban J connectivity index is 2.04. The molecule has 2 heterocycles. The van der Waals surface area contributed by atoms with Crippen LogP contribution in [0.2, 0.25) is 10.0 Å². The number of carbonyl (C=O) groups excluding carboxylic acids is 1. The Bertz CT molecular complexity index is 1140. The lowest BCUT2D eigenvalue weighted by atomic mass is 9.97. The normalized spacial score (nSPS) is 16.8. The second-order valence-corrected chi connectivity index (χ2v) is 9.14. The first-order valence-corrected chi connectivity index (χ1v) is 11.7. The lowest BCUT2D eigenvalue weighted by Gasteiger charge is -2.30. The van der Waals surface area contributed by atoms with Gasteiger partial charge in [0.1, 0.15) is 5.82 Å². The van der Waals surface area contributed by atoms with E-state index >= 15 is 0 Å². The van der Waals surface area contributed by atoms with E-state index in [0.717, 1.165) is 48.6 Å². The summed E-state index contributed by atoms with van der Waals surface area (Å²) in [5, 5.41) is 1.22. The molecule has 0 N–H and O–H groups in total. The van der Waals surface area contributed by atoms with Crippen molar-refractivity contribution in [1.29, 1.82) is 0 Å². The first kappa shape index (κ1) is 22.8. The molecule has 0 bridgehead atoms. The second-order valence-electron chi connectivity index (χ2n) is 8.27. The minimum absolute atomic E-state index is 0.174. The number of piperidine rings is 1. The molecule has 3 aromatic rings. The van der Waals surface area contributed by atoms with E-state index in [1.165, 1.54) is 0 Å². The molecule has 2 aromatic carbocycles. The van der Waals surface area contributed by atoms with Crippen LogP contribution in [-0.2, 0) is 4.74 Å². The lowest BCUT2D eigenvalue weighted by Crippen LogP contribution is -2.32. The van der Waals surface area contributed by atoms with Crippen molar-refractivity contribution in [3.8, 4) is 16.9 Å². The number of esters is 1. The molecule has 0 radical (unpaired) electrons. The maximum atomic E-state index is 13.1. The molecule has 1 aliphatic heterocycles. The van der Waals surface area contributed by atoms with Crippen molar-refractivity contribution in [2.24, 2.45) is 0 Å². The van der Waals surface area contributed by atoms with Crippen LogP contribution in [0.5, 0.6) is 0 Å². The zero-order valence-corrected chi connectivity index (χ0v) is 20.1.